The van der Waals surface area contributed by atoms with Crippen molar-refractivity contribution in [2.45, 2.75) is 25.0 Å². The molecular formula is C18H22N2O4. The van der Waals surface area contributed by atoms with E-state index in [0.29, 0.717) is 12.1 Å². The molecule has 2 rings (SSSR count). The summed E-state index contributed by atoms with van der Waals surface area (Å²) in [7, 11) is 0. The van der Waals surface area contributed by atoms with Crippen molar-refractivity contribution >= 4 is 5.69 Å². The van der Waals surface area contributed by atoms with Gasteiger partial charge >= 0.3 is 0 Å². The molecule has 2 aromatic carbocycles. The largest absolute Gasteiger partial charge is 0.395 e. The molecule has 0 radical (unpaired) electrons. The molecule has 0 aromatic heterocycles. The lowest BCUT2D eigenvalue weighted by Crippen LogP contribution is -2.40. The Morgan fingerprint density at radius 2 is 1.71 bits per heavy atom. The molecule has 24 heavy (non-hydrogen) atoms. The SMILES string of the molecule is CC(CNC(CO)C(O)c1ccc([N+](=O)[O-])cc1)c1ccccc1. The molecule has 0 bridgehead atoms. The topological polar surface area (TPSA) is 95.6 Å². The van der Waals surface area contributed by atoms with Gasteiger partial charge in [0, 0.05) is 18.7 Å². The molecule has 128 valence electrons. The Morgan fingerprint density at radius 3 is 2.25 bits per heavy atom. The first-order chi connectivity index (χ1) is 11.5. The van der Waals surface area contributed by atoms with Gasteiger partial charge in [0.2, 0.25) is 0 Å². The Bertz CT molecular complexity index is 646. The average molecular weight is 330 g/mol. The van der Waals surface area contributed by atoms with Crippen molar-refractivity contribution in [2.75, 3.05) is 13.2 Å². The van der Waals surface area contributed by atoms with E-state index in [0.717, 1.165) is 0 Å². The zero-order chi connectivity index (χ0) is 17.5. The highest BCUT2D eigenvalue weighted by atomic mass is 16.6. The van der Waals surface area contributed by atoms with E-state index < -0.39 is 17.1 Å². The number of non-ortho nitro benzene ring substituents is 1. The standard InChI is InChI=1S/C18H22N2O4/c1-13(14-5-3-2-4-6-14)11-19-17(12-21)18(22)15-7-9-16(10-8-15)20(23)24/h2-10,13,17-19,21-22H,11-12H2,1H3. The van der Waals surface area contributed by atoms with Gasteiger partial charge in [0.1, 0.15) is 0 Å². The molecule has 3 N–H and O–H groups in total. The third-order valence-corrected chi connectivity index (χ3v) is 4.08. The number of nitrogens with one attached hydrogen (secondary N) is 1. The Kier molecular flexibility index (Phi) is 6.43. The number of aliphatic hydroxyl groups excluding tert-OH is 2. The van der Waals surface area contributed by atoms with Crippen LogP contribution in [0.4, 0.5) is 5.69 Å². The summed E-state index contributed by atoms with van der Waals surface area (Å²) in [5, 5.41) is 33.8. The fourth-order valence-corrected chi connectivity index (χ4v) is 2.53. The van der Waals surface area contributed by atoms with E-state index >= 15 is 0 Å². The number of nitrogens with zero attached hydrogens (tertiary/aromatic N) is 1. The predicted molar refractivity (Wildman–Crippen MR) is 91.8 cm³/mol. The number of hydrogen-bond acceptors (Lipinski definition) is 5. The van der Waals surface area contributed by atoms with Crippen LogP contribution in [0.25, 0.3) is 0 Å². The first kappa shape index (κ1) is 18.1. The highest BCUT2D eigenvalue weighted by Gasteiger charge is 2.21. The van der Waals surface area contributed by atoms with E-state index in [1.54, 1.807) is 0 Å². The number of nitro benzene ring substituents is 1. The van der Waals surface area contributed by atoms with Crippen molar-refractivity contribution in [3.05, 3.63) is 75.8 Å². The van der Waals surface area contributed by atoms with Gasteiger partial charge in [-0.05, 0) is 29.2 Å². The minimum absolute atomic E-state index is 0.0304. The molecule has 0 heterocycles. The first-order valence-electron chi connectivity index (χ1n) is 7.84. The van der Waals surface area contributed by atoms with Gasteiger partial charge in [-0.25, -0.2) is 0 Å². The van der Waals surface area contributed by atoms with Gasteiger partial charge in [0.05, 0.1) is 23.7 Å². The van der Waals surface area contributed by atoms with Crippen LogP contribution in [0.5, 0.6) is 0 Å². The second-order valence-electron chi connectivity index (χ2n) is 5.80. The third kappa shape index (κ3) is 4.61. The minimum Gasteiger partial charge on any atom is -0.395 e. The average Bonchev–Trinajstić information content (AvgIpc) is 2.62. The monoisotopic (exact) mass is 330 g/mol. The van der Waals surface area contributed by atoms with E-state index in [2.05, 4.69) is 12.2 Å². The Balaban J connectivity index is 1.98. The van der Waals surface area contributed by atoms with E-state index in [1.807, 2.05) is 30.3 Å². The quantitative estimate of drug-likeness (QED) is 0.510. The summed E-state index contributed by atoms with van der Waals surface area (Å²) in [6.45, 7) is 2.42. The van der Waals surface area contributed by atoms with Crippen molar-refractivity contribution < 1.29 is 15.1 Å². The summed E-state index contributed by atoms with van der Waals surface area (Å²) in [5.41, 5.74) is 1.67. The van der Waals surface area contributed by atoms with E-state index in [-0.39, 0.29) is 18.2 Å². The minimum atomic E-state index is -0.946. The Hall–Kier alpha value is -2.28. The number of hydrogen-bond donors (Lipinski definition) is 3. The normalized spacial score (nSPS) is 14.8. The lowest BCUT2D eigenvalue weighted by Gasteiger charge is -2.24. The van der Waals surface area contributed by atoms with Crippen LogP contribution in [0.1, 0.15) is 30.1 Å². The fraction of sp³-hybridized carbons (Fsp3) is 0.333. The summed E-state index contributed by atoms with van der Waals surface area (Å²) in [4.78, 5) is 10.2. The molecule has 3 atom stereocenters. The third-order valence-electron chi connectivity index (χ3n) is 4.08. The molecule has 6 heteroatoms. The Morgan fingerprint density at radius 1 is 1.08 bits per heavy atom. The molecule has 3 unspecified atom stereocenters. The number of aliphatic hydroxyl groups is 2. The molecule has 0 saturated heterocycles. The zero-order valence-electron chi connectivity index (χ0n) is 13.5. The lowest BCUT2D eigenvalue weighted by molar-refractivity contribution is -0.384. The van der Waals surface area contributed by atoms with E-state index in [4.69, 9.17) is 0 Å². The fourth-order valence-electron chi connectivity index (χ4n) is 2.53. The zero-order valence-corrected chi connectivity index (χ0v) is 13.5. The van der Waals surface area contributed by atoms with Crippen molar-refractivity contribution in [3.63, 3.8) is 0 Å². The van der Waals surface area contributed by atoms with Gasteiger partial charge < -0.3 is 15.5 Å². The van der Waals surface area contributed by atoms with Crippen LogP contribution in [-0.2, 0) is 0 Å². The molecule has 0 spiro atoms. The summed E-state index contributed by atoms with van der Waals surface area (Å²) in [6.07, 6.45) is -0.946. The first-order valence-corrected chi connectivity index (χ1v) is 7.84. The molecule has 6 nitrogen and oxygen atoms in total. The molecule has 0 saturated carbocycles. The van der Waals surface area contributed by atoms with E-state index in [1.165, 1.54) is 29.8 Å². The molecule has 0 aliphatic heterocycles. The van der Waals surface area contributed by atoms with Gasteiger partial charge in [-0.1, -0.05) is 37.3 Å². The molecule has 0 aliphatic carbocycles. The van der Waals surface area contributed by atoms with Gasteiger partial charge in [0.15, 0.2) is 0 Å². The van der Waals surface area contributed by atoms with Crippen LogP contribution in [0, 0.1) is 10.1 Å². The summed E-state index contributed by atoms with van der Waals surface area (Å²) < 4.78 is 0. The second-order valence-corrected chi connectivity index (χ2v) is 5.80. The maximum absolute atomic E-state index is 10.7. The van der Waals surface area contributed by atoms with Gasteiger partial charge in [0.25, 0.3) is 5.69 Å². The molecule has 0 amide bonds. The van der Waals surface area contributed by atoms with Gasteiger partial charge in [-0.3, -0.25) is 10.1 Å². The number of benzene rings is 2. The lowest BCUT2D eigenvalue weighted by atomic mass is 9.99. The van der Waals surface area contributed by atoms with Crippen molar-refractivity contribution in [1.29, 1.82) is 0 Å². The number of rotatable bonds is 8. The van der Waals surface area contributed by atoms with Crippen molar-refractivity contribution in [1.82, 2.24) is 5.32 Å². The van der Waals surface area contributed by atoms with Crippen LogP contribution in [0.2, 0.25) is 0 Å². The Labute approximate surface area is 140 Å². The van der Waals surface area contributed by atoms with Crippen LogP contribution in [0.15, 0.2) is 54.6 Å². The van der Waals surface area contributed by atoms with Crippen LogP contribution in [-0.4, -0.2) is 34.3 Å². The molecule has 0 aliphatic rings. The highest BCUT2D eigenvalue weighted by molar-refractivity contribution is 5.34. The maximum Gasteiger partial charge on any atom is 0.269 e. The van der Waals surface area contributed by atoms with Crippen molar-refractivity contribution in [2.24, 2.45) is 0 Å². The second kappa shape index (κ2) is 8.54. The molecular weight excluding hydrogens is 308 g/mol. The predicted octanol–water partition coefficient (Wildman–Crippen LogP) is 2.38. The van der Waals surface area contributed by atoms with Crippen LogP contribution in [0.3, 0.4) is 0 Å². The highest BCUT2D eigenvalue weighted by Crippen LogP contribution is 2.21. The van der Waals surface area contributed by atoms with Crippen LogP contribution >= 0.6 is 0 Å². The smallest absolute Gasteiger partial charge is 0.269 e. The summed E-state index contributed by atoms with van der Waals surface area (Å²) in [5.74, 6) is 0.226. The summed E-state index contributed by atoms with van der Waals surface area (Å²) in [6, 6.07) is 15.1. The molecule has 0 fully saturated rings. The maximum atomic E-state index is 10.7. The van der Waals surface area contributed by atoms with E-state index in [9.17, 15) is 20.3 Å². The number of nitro groups is 1. The van der Waals surface area contributed by atoms with Gasteiger partial charge in [-0.15, -0.1) is 0 Å². The van der Waals surface area contributed by atoms with Crippen molar-refractivity contribution in [3.8, 4) is 0 Å². The van der Waals surface area contributed by atoms with Gasteiger partial charge in [-0.2, -0.15) is 0 Å². The van der Waals surface area contributed by atoms with Crippen LogP contribution < -0.4 is 5.32 Å². The molecule has 2 aromatic rings. The summed E-state index contributed by atoms with van der Waals surface area (Å²) >= 11 is 0.